The molecule has 1 fully saturated rings. The summed E-state index contributed by atoms with van der Waals surface area (Å²) in [6.07, 6.45) is 3.63. The van der Waals surface area contributed by atoms with Crippen molar-refractivity contribution < 1.29 is 0 Å². The smallest absolute Gasteiger partial charge is 0.0168 e. The van der Waals surface area contributed by atoms with Gasteiger partial charge in [-0.3, -0.25) is 4.90 Å². The zero-order chi connectivity index (χ0) is 12.1. The lowest BCUT2D eigenvalue weighted by atomic mass is 9.87. The maximum absolute atomic E-state index is 3.61. The van der Waals surface area contributed by atoms with E-state index in [4.69, 9.17) is 0 Å². The molecule has 0 saturated carbocycles. The Balaban J connectivity index is 2.51. The molecule has 0 bridgehead atoms. The van der Waals surface area contributed by atoms with E-state index in [0.29, 0.717) is 12.1 Å². The molecule has 0 spiro atoms. The van der Waals surface area contributed by atoms with Crippen LogP contribution in [0.3, 0.4) is 0 Å². The van der Waals surface area contributed by atoms with Gasteiger partial charge in [-0.2, -0.15) is 0 Å². The van der Waals surface area contributed by atoms with E-state index in [1.54, 1.807) is 0 Å². The van der Waals surface area contributed by atoms with E-state index in [2.05, 4.69) is 50.9 Å². The van der Waals surface area contributed by atoms with E-state index < -0.39 is 0 Å². The van der Waals surface area contributed by atoms with Crippen LogP contribution in [0.5, 0.6) is 0 Å². The minimum absolute atomic E-state index is 0.688. The molecule has 2 nitrogen and oxygen atoms in total. The van der Waals surface area contributed by atoms with Crippen LogP contribution in [-0.4, -0.2) is 36.6 Å². The molecule has 1 heterocycles. The molecule has 0 amide bonds. The Labute approximate surface area is 101 Å². The number of nitrogens with one attached hydrogen (secondary N) is 1. The topological polar surface area (TPSA) is 15.3 Å². The third kappa shape index (κ3) is 3.60. The lowest BCUT2D eigenvalue weighted by molar-refractivity contribution is 0.0967. The molecule has 0 aromatic rings. The van der Waals surface area contributed by atoms with Crippen LogP contribution < -0.4 is 5.32 Å². The van der Waals surface area contributed by atoms with E-state index in [0.717, 1.165) is 19.0 Å². The molecule has 3 unspecified atom stereocenters. The van der Waals surface area contributed by atoms with Gasteiger partial charge >= 0.3 is 0 Å². The first kappa shape index (κ1) is 13.7. The van der Waals surface area contributed by atoms with Crippen molar-refractivity contribution in [2.45, 2.75) is 53.1 Å². The van der Waals surface area contributed by atoms with Crippen molar-refractivity contribution in [1.82, 2.24) is 10.2 Å². The molecule has 1 aliphatic rings. The van der Waals surface area contributed by atoms with Crippen molar-refractivity contribution in [3.05, 3.63) is 11.6 Å². The Morgan fingerprint density at radius 2 is 2.06 bits per heavy atom. The second kappa shape index (κ2) is 6.41. The second-order valence-electron chi connectivity index (χ2n) is 5.33. The number of rotatable bonds is 4. The number of nitrogens with zero attached hydrogens (tertiary/aromatic N) is 1. The Hall–Kier alpha value is -0.340. The summed E-state index contributed by atoms with van der Waals surface area (Å²) >= 11 is 0. The van der Waals surface area contributed by atoms with Crippen molar-refractivity contribution >= 4 is 0 Å². The Morgan fingerprint density at radius 3 is 2.62 bits per heavy atom. The predicted octanol–water partition coefficient (Wildman–Crippen LogP) is 2.66. The minimum Gasteiger partial charge on any atom is -0.314 e. The molecule has 0 radical (unpaired) electrons. The van der Waals surface area contributed by atoms with E-state index >= 15 is 0 Å². The molecule has 1 N–H and O–H groups in total. The first-order valence-corrected chi connectivity index (χ1v) is 6.67. The highest BCUT2D eigenvalue weighted by Crippen LogP contribution is 2.23. The van der Waals surface area contributed by atoms with Crippen molar-refractivity contribution in [2.75, 3.05) is 19.6 Å². The average molecular weight is 224 g/mol. The maximum atomic E-state index is 3.61. The summed E-state index contributed by atoms with van der Waals surface area (Å²) in [5, 5.41) is 3.61. The van der Waals surface area contributed by atoms with Crippen LogP contribution in [0.15, 0.2) is 11.6 Å². The molecule has 0 aromatic heterocycles. The zero-order valence-electron chi connectivity index (χ0n) is 11.6. The van der Waals surface area contributed by atoms with Crippen LogP contribution in [0, 0.1) is 5.92 Å². The number of hydrogen-bond acceptors (Lipinski definition) is 2. The summed E-state index contributed by atoms with van der Waals surface area (Å²) in [7, 11) is 0. The van der Waals surface area contributed by atoms with Crippen LogP contribution in [0.1, 0.15) is 41.0 Å². The highest BCUT2D eigenvalue weighted by Gasteiger charge is 2.30. The van der Waals surface area contributed by atoms with Gasteiger partial charge in [0.15, 0.2) is 0 Å². The number of allylic oxidation sites excluding steroid dienone is 1. The largest absolute Gasteiger partial charge is 0.314 e. The minimum atomic E-state index is 0.688. The first-order chi connectivity index (χ1) is 7.56. The van der Waals surface area contributed by atoms with Gasteiger partial charge in [0, 0.05) is 25.2 Å². The number of piperidine rings is 1. The van der Waals surface area contributed by atoms with Crippen molar-refractivity contribution in [2.24, 2.45) is 5.92 Å². The van der Waals surface area contributed by atoms with Gasteiger partial charge in [0.1, 0.15) is 0 Å². The molecule has 0 aliphatic carbocycles. The van der Waals surface area contributed by atoms with Gasteiger partial charge in [0.2, 0.25) is 0 Å². The molecular formula is C14H28N2. The first-order valence-electron chi connectivity index (χ1n) is 6.67. The summed E-state index contributed by atoms with van der Waals surface area (Å²) in [6, 6.07) is 1.40. The summed E-state index contributed by atoms with van der Waals surface area (Å²) in [4.78, 5) is 2.60. The van der Waals surface area contributed by atoms with E-state index in [9.17, 15) is 0 Å². The third-order valence-corrected chi connectivity index (χ3v) is 3.90. The quantitative estimate of drug-likeness (QED) is 0.739. The van der Waals surface area contributed by atoms with Gasteiger partial charge in [-0.15, -0.1) is 0 Å². The van der Waals surface area contributed by atoms with Crippen LogP contribution in [-0.2, 0) is 0 Å². The lowest BCUT2D eigenvalue weighted by Gasteiger charge is -2.42. The molecular weight excluding hydrogens is 196 g/mol. The summed E-state index contributed by atoms with van der Waals surface area (Å²) in [6.45, 7) is 14.8. The second-order valence-corrected chi connectivity index (χ2v) is 5.33. The predicted molar refractivity (Wildman–Crippen MR) is 71.7 cm³/mol. The Kier molecular flexibility index (Phi) is 5.50. The third-order valence-electron chi connectivity index (χ3n) is 3.90. The van der Waals surface area contributed by atoms with Gasteiger partial charge in [-0.05, 0) is 39.7 Å². The monoisotopic (exact) mass is 224 g/mol. The van der Waals surface area contributed by atoms with Gasteiger partial charge < -0.3 is 5.32 Å². The number of hydrogen-bond donors (Lipinski definition) is 1. The maximum Gasteiger partial charge on any atom is 0.0168 e. The van der Waals surface area contributed by atoms with Crippen LogP contribution in [0.25, 0.3) is 0 Å². The van der Waals surface area contributed by atoms with E-state index in [1.807, 2.05) is 0 Å². The van der Waals surface area contributed by atoms with E-state index in [1.165, 1.54) is 18.5 Å². The standard InChI is InChI=1S/C14H28N2/c1-6-15-14-8-10-16(9-7-11(2)3)13(5)12(14)4/h7,12-15H,6,8-10H2,1-5H3. The average Bonchev–Trinajstić information content (AvgIpc) is 2.24. The molecule has 16 heavy (non-hydrogen) atoms. The molecule has 2 heteroatoms. The molecule has 1 rings (SSSR count). The van der Waals surface area contributed by atoms with Crippen molar-refractivity contribution in [3.63, 3.8) is 0 Å². The molecule has 1 saturated heterocycles. The Bertz CT molecular complexity index is 231. The normalized spacial score (nSPS) is 31.4. The summed E-state index contributed by atoms with van der Waals surface area (Å²) in [5.41, 5.74) is 1.42. The molecule has 1 aliphatic heterocycles. The number of likely N-dealkylation sites (tertiary alicyclic amines) is 1. The van der Waals surface area contributed by atoms with Gasteiger partial charge in [0.05, 0.1) is 0 Å². The highest BCUT2D eigenvalue weighted by atomic mass is 15.2. The molecule has 3 atom stereocenters. The SMILES string of the molecule is CCNC1CCN(CC=C(C)C)C(C)C1C. The highest BCUT2D eigenvalue weighted by molar-refractivity contribution is 4.98. The van der Waals surface area contributed by atoms with Crippen LogP contribution in [0.2, 0.25) is 0 Å². The summed E-state index contributed by atoms with van der Waals surface area (Å²) < 4.78 is 0. The summed E-state index contributed by atoms with van der Waals surface area (Å²) in [5.74, 6) is 0.749. The van der Waals surface area contributed by atoms with Gasteiger partial charge in [0.25, 0.3) is 0 Å². The zero-order valence-corrected chi connectivity index (χ0v) is 11.6. The van der Waals surface area contributed by atoms with Crippen LogP contribution >= 0.6 is 0 Å². The fourth-order valence-electron chi connectivity index (χ4n) is 2.55. The van der Waals surface area contributed by atoms with Crippen LogP contribution in [0.4, 0.5) is 0 Å². The lowest BCUT2D eigenvalue weighted by Crippen LogP contribution is -2.53. The van der Waals surface area contributed by atoms with Gasteiger partial charge in [-0.1, -0.05) is 25.5 Å². The van der Waals surface area contributed by atoms with Crippen molar-refractivity contribution in [3.8, 4) is 0 Å². The molecule has 0 aromatic carbocycles. The molecule has 94 valence electrons. The van der Waals surface area contributed by atoms with Gasteiger partial charge in [-0.25, -0.2) is 0 Å². The Morgan fingerprint density at radius 1 is 1.38 bits per heavy atom. The fourth-order valence-corrected chi connectivity index (χ4v) is 2.55. The van der Waals surface area contributed by atoms with Crippen molar-refractivity contribution in [1.29, 1.82) is 0 Å². The van der Waals surface area contributed by atoms with E-state index in [-0.39, 0.29) is 0 Å². The fraction of sp³-hybridized carbons (Fsp3) is 0.857.